The number of hydrogen-bond donors (Lipinski definition) is 2. The van der Waals surface area contributed by atoms with Crippen molar-refractivity contribution in [2.75, 3.05) is 36.4 Å². The highest BCUT2D eigenvalue weighted by Gasteiger charge is 2.33. The molecule has 4 aromatic carbocycles. The lowest BCUT2D eigenvalue weighted by atomic mass is 9.84. The lowest BCUT2D eigenvalue weighted by molar-refractivity contribution is -0.134. The van der Waals surface area contributed by atoms with Gasteiger partial charge in [-0.2, -0.15) is 5.10 Å². The van der Waals surface area contributed by atoms with Crippen LogP contribution in [0.2, 0.25) is 0 Å². The number of unbranched alkanes of at least 4 members (excludes halogenated alkanes) is 1. The molecule has 1 unspecified atom stereocenters. The summed E-state index contributed by atoms with van der Waals surface area (Å²) in [6.45, 7) is 12.1. The number of ether oxygens (including phenoxy) is 2. The molecule has 77 heavy (non-hydrogen) atoms. The average Bonchev–Trinajstić information content (AvgIpc) is 4.06. The monoisotopic (exact) mass is 1050 g/mol. The Morgan fingerprint density at radius 2 is 1.69 bits per heavy atom. The van der Waals surface area contributed by atoms with E-state index in [4.69, 9.17) is 19.6 Å². The summed E-state index contributed by atoms with van der Waals surface area (Å²) in [6.07, 6.45) is 12.0. The van der Waals surface area contributed by atoms with Crippen molar-refractivity contribution in [3.05, 3.63) is 130 Å². The molecule has 2 atom stereocenters. The number of imide groups is 1. The van der Waals surface area contributed by atoms with Crippen LogP contribution in [0.4, 0.5) is 10.9 Å². The molecule has 7 aromatic rings. The largest absolute Gasteiger partial charge is 0.490 e. The number of para-hydroxylation sites is 1. The lowest BCUT2D eigenvalue weighted by Gasteiger charge is -2.33. The first-order chi connectivity index (χ1) is 37.2. The third kappa shape index (κ3) is 11.5. The summed E-state index contributed by atoms with van der Waals surface area (Å²) in [5.41, 5.74) is 8.68. The molecule has 3 amide bonds. The number of aryl methyl sites for hydroxylation is 1. The Hall–Kier alpha value is -6.97. The topological polar surface area (TPSA) is 161 Å². The van der Waals surface area contributed by atoms with Crippen LogP contribution in [0.15, 0.2) is 91.0 Å². The summed E-state index contributed by atoms with van der Waals surface area (Å²) in [5.74, 6) is 1.09. The third-order valence-corrected chi connectivity index (χ3v) is 17.2. The predicted molar refractivity (Wildman–Crippen MR) is 303 cm³/mol. The minimum absolute atomic E-state index is 0.126. The van der Waals surface area contributed by atoms with Gasteiger partial charge < -0.3 is 19.3 Å². The van der Waals surface area contributed by atoms with Crippen LogP contribution in [0.5, 0.6) is 5.75 Å². The number of piperidine rings is 2. The molecule has 15 heteroatoms. The molecule has 0 radical (unpaired) electrons. The van der Waals surface area contributed by atoms with Crippen molar-refractivity contribution in [2.24, 2.45) is 13.0 Å². The first-order valence-corrected chi connectivity index (χ1v) is 28.6. The number of pyridine rings is 1. The van der Waals surface area contributed by atoms with Crippen molar-refractivity contribution < 1.29 is 28.7 Å². The quantitative estimate of drug-likeness (QED) is 0.0606. The molecule has 14 nitrogen and oxygen atoms in total. The zero-order chi connectivity index (χ0) is 53.4. The van der Waals surface area contributed by atoms with Gasteiger partial charge >= 0.3 is 5.97 Å². The molecule has 1 saturated carbocycles. The van der Waals surface area contributed by atoms with Gasteiger partial charge in [-0.05, 0) is 181 Å². The standard InChI is InChI=1S/C62H70N8O6S/c1-38-44(45-27-29-54(64-57(45)60(74)76-62(2,3)4)70-34-31-40-14-10-17-46(49(40)37-70)58(72)66-61-63-50-18-6-7-20-53(50)77-61)16-11-19-52(38)75-43-24-21-39(22-25-43)13-8-9-32-69-33-12-15-42(36-69)41-23-26-47-51(35-41)68(5)67-56(47)48-28-30-55(71)65-59(48)73/h6-7,10-11,14,16-20,23,26-27,29,35,39,42-43,48H,8-9,12-13,15,21-22,24-25,28,30-34,36-37H2,1-5H3,(H,63,66,72)(H,65,71,73)/t39?,42-,43?,48?/m0/s1. The number of hydrogen-bond acceptors (Lipinski definition) is 12. The van der Waals surface area contributed by atoms with Crippen LogP contribution in [0.3, 0.4) is 0 Å². The van der Waals surface area contributed by atoms with Gasteiger partial charge in [-0.3, -0.25) is 29.7 Å². The van der Waals surface area contributed by atoms with E-state index in [1.165, 1.54) is 49.0 Å². The van der Waals surface area contributed by atoms with Crippen LogP contribution in [0, 0.1) is 12.8 Å². The average molecular weight is 1060 g/mol. The second kappa shape index (κ2) is 22.2. The highest BCUT2D eigenvalue weighted by Crippen LogP contribution is 2.39. The lowest BCUT2D eigenvalue weighted by Crippen LogP contribution is -2.39. The summed E-state index contributed by atoms with van der Waals surface area (Å²) >= 11 is 1.45. The molecule has 3 fully saturated rings. The fourth-order valence-electron chi connectivity index (χ4n) is 12.2. The molecule has 0 bridgehead atoms. The number of nitrogens with zero attached hydrogens (tertiary/aromatic N) is 6. The number of anilines is 2. The molecular weight excluding hydrogens is 985 g/mol. The first kappa shape index (κ1) is 52.1. The molecule has 0 spiro atoms. The van der Waals surface area contributed by atoms with Crippen molar-refractivity contribution >= 4 is 67.1 Å². The van der Waals surface area contributed by atoms with Gasteiger partial charge in [0.05, 0.1) is 33.4 Å². The van der Waals surface area contributed by atoms with Gasteiger partial charge in [-0.15, -0.1) is 0 Å². The number of amides is 3. The first-order valence-electron chi connectivity index (χ1n) is 27.8. The second-order valence-corrected chi connectivity index (χ2v) is 23.8. The van der Waals surface area contributed by atoms with E-state index >= 15 is 0 Å². The molecule has 3 aromatic heterocycles. The summed E-state index contributed by atoms with van der Waals surface area (Å²) < 4.78 is 15.7. The third-order valence-electron chi connectivity index (χ3n) is 16.3. The van der Waals surface area contributed by atoms with Crippen molar-refractivity contribution in [3.8, 4) is 16.9 Å². The number of rotatable bonds is 14. The number of nitrogens with one attached hydrogen (secondary N) is 2. The van der Waals surface area contributed by atoms with Crippen LogP contribution >= 0.6 is 11.3 Å². The van der Waals surface area contributed by atoms with E-state index < -0.39 is 17.5 Å². The Morgan fingerprint density at radius 3 is 2.51 bits per heavy atom. The number of esters is 1. The van der Waals surface area contributed by atoms with Crippen molar-refractivity contribution in [3.63, 3.8) is 0 Å². The number of benzene rings is 4. The summed E-state index contributed by atoms with van der Waals surface area (Å²) in [7, 11) is 1.95. The minimum Gasteiger partial charge on any atom is -0.490 e. The predicted octanol–water partition coefficient (Wildman–Crippen LogP) is 11.8. The van der Waals surface area contributed by atoms with E-state index in [0.717, 1.165) is 107 Å². The Bertz CT molecular complexity index is 3340. The molecule has 2 N–H and O–H groups in total. The van der Waals surface area contributed by atoms with E-state index in [1.54, 1.807) is 0 Å². The van der Waals surface area contributed by atoms with Gasteiger partial charge in [0.2, 0.25) is 11.8 Å². The van der Waals surface area contributed by atoms with Crippen molar-refractivity contribution in [1.82, 2.24) is 30.0 Å². The van der Waals surface area contributed by atoms with Crippen molar-refractivity contribution in [1.29, 1.82) is 0 Å². The molecular formula is C62H70N8O6S. The molecule has 1 aliphatic carbocycles. The molecule has 11 rings (SSSR count). The maximum absolute atomic E-state index is 14.1. The Labute approximate surface area is 454 Å². The Kier molecular flexibility index (Phi) is 15.0. The molecule has 2 saturated heterocycles. The van der Waals surface area contributed by atoms with E-state index in [-0.39, 0.29) is 29.5 Å². The van der Waals surface area contributed by atoms with Gasteiger partial charge in [-0.25, -0.2) is 14.8 Å². The van der Waals surface area contributed by atoms with E-state index in [0.29, 0.717) is 59.8 Å². The summed E-state index contributed by atoms with van der Waals surface area (Å²) in [5, 5.41) is 11.9. The highest BCUT2D eigenvalue weighted by molar-refractivity contribution is 7.22. The number of carbonyl (C=O) groups excluding carboxylic acids is 4. The Balaban J connectivity index is 0.693. The molecule has 3 aliphatic heterocycles. The van der Waals surface area contributed by atoms with Crippen LogP contribution < -0.4 is 20.3 Å². The number of likely N-dealkylation sites (tertiary alicyclic amines) is 1. The van der Waals surface area contributed by atoms with Crippen LogP contribution in [-0.4, -0.2) is 86.2 Å². The van der Waals surface area contributed by atoms with E-state index in [1.807, 2.05) is 99.2 Å². The van der Waals surface area contributed by atoms with Crippen LogP contribution in [-0.2, 0) is 34.3 Å². The zero-order valence-corrected chi connectivity index (χ0v) is 45.8. The SMILES string of the molecule is Cc1c(OC2CCC(CCCCN3CCC[C@H](c4ccc5c(C6CCC(=O)NC6=O)nn(C)c5c4)C3)CC2)cccc1-c1ccc(N2CCc3cccc(C(=O)Nc4nc5ccccc5s4)c3C2)nc1C(=O)OC(C)(C)C. The Morgan fingerprint density at radius 1 is 0.857 bits per heavy atom. The zero-order valence-electron chi connectivity index (χ0n) is 45.0. The van der Waals surface area contributed by atoms with Gasteiger partial charge in [0.15, 0.2) is 10.8 Å². The maximum Gasteiger partial charge on any atom is 0.358 e. The normalized spacial score (nSPS) is 20.2. The molecule has 400 valence electrons. The van der Waals surface area contributed by atoms with E-state index in [9.17, 15) is 19.2 Å². The van der Waals surface area contributed by atoms with Crippen LogP contribution in [0.25, 0.3) is 32.2 Å². The number of aromatic nitrogens is 4. The summed E-state index contributed by atoms with van der Waals surface area (Å²) in [4.78, 5) is 66.9. The fourth-order valence-corrected chi connectivity index (χ4v) is 13.1. The number of fused-ring (bicyclic) bond motifs is 3. The minimum atomic E-state index is -0.730. The highest BCUT2D eigenvalue weighted by atomic mass is 32.1. The van der Waals surface area contributed by atoms with Gasteiger partial charge in [0.25, 0.3) is 5.91 Å². The fraction of sp³-hybridized carbons (Fsp3) is 0.435. The smallest absolute Gasteiger partial charge is 0.358 e. The van der Waals surface area contributed by atoms with Gasteiger partial charge in [-0.1, -0.05) is 72.7 Å². The maximum atomic E-state index is 14.1. The van der Waals surface area contributed by atoms with Gasteiger partial charge in [0.1, 0.15) is 17.2 Å². The number of carbonyl (C=O) groups is 4. The molecule has 4 aliphatic rings. The van der Waals surface area contributed by atoms with Crippen molar-refractivity contribution in [2.45, 2.75) is 135 Å². The molecule has 6 heterocycles. The van der Waals surface area contributed by atoms with Crippen LogP contribution in [0.1, 0.15) is 152 Å². The van der Waals surface area contributed by atoms with Gasteiger partial charge in [0, 0.05) is 49.6 Å². The summed E-state index contributed by atoms with van der Waals surface area (Å²) in [6, 6.07) is 30.4. The van der Waals surface area contributed by atoms with E-state index in [2.05, 4.69) is 56.6 Å². The number of thiazole rings is 1. The second-order valence-electron chi connectivity index (χ2n) is 22.7.